The molecule has 0 aliphatic heterocycles. The Hall–Kier alpha value is -3.75. The van der Waals surface area contributed by atoms with Gasteiger partial charge in [-0.3, -0.25) is 14.9 Å². The zero-order valence-corrected chi connectivity index (χ0v) is 19.1. The number of anilines is 1. The summed E-state index contributed by atoms with van der Waals surface area (Å²) in [5, 5.41) is 14.8. The molecule has 0 aliphatic rings. The van der Waals surface area contributed by atoms with Gasteiger partial charge >= 0.3 is 0 Å². The molecule has 5 rings (SSSR count). The Kier molecular flexibility index (Phi) is 5.11. The Morgan fingerprint density at radius 1 is 1.15 bits per heavy atom. The van der Waals surface area contributed by atoms with Gasteiger partial charge in [0.05, 0.1) is 9.95 Å². The fourth-order valence-corrected chi connectivity index (χ4v) is 5.22. The van der Waals surface area contributed by atoms with Crippen molar-refractivity contribution in [1.82, 2.24) is 4.98 Å². The predicted octanol–water partition coefficient (Wildman–Crippen LogP) is 7.14. The number of aromatic nitrogens is 1. The Bertz CT molecular complexity index is 1590. The summed E-state index contributed by atoms with van der Waals surface area (Å²) in [5.74, 6) is 0.0544. The van der Waals surface area contributed by atoms with E-state index in [1.165, 1.54) is 6.07 Å². The van der Waals surface area contributed by atoms with Crippen LogP contribution in [0.25, 0.3) is 32.6 Å². The van der Waals surface area contributed by atoms with Crippen molar-refractivity contribution < 1.29 is 14.1 Å². The number of carbonyl (C=O) groups excluding carboxylic acids is 1. The smallest absolute Gasteiger partial charge is 0.287 e. The minimum Gasteiger partial charge on any atom is -0.436 e. The molecule has 0 fully saturated rings. The number of carbonyl (C=O) groups is 1. The van der Waals surface area contributed by atoms with Crippen LogP contribution in [-0.4, -0.2) is 15.8 Å². The molecule has 0 bridgehead atoms. The minimum atomic E-state index is -0.483. The predicted molar refractivity (Wildman–Crippen MR) is 130 cm³/mol. The molecule has 3 aromatic carbocycles. The largest absolute Gasteiger partial charge is 0.436 e. The number of hydrogen-bond acceptors (Lipinski definition) is 6. The van der Waals surface area contributed by atoms with Crippen LogP contribution in [0.15, 0.2) is 59.0 Å². The average molecular weight is 478 g/mol. The molecule has 5 aromatic rings. The number of rotatable bonds is 4. The topological polar surface area (TPSA) is 98.3 Å². The minimum absolute atomic E-state index is 0.0820. The van der Waals surface area contributed by atoms with E-state index in [1.54, 1.807) is 30.3 Å². The molecule has 0 radical (unpaired) electrons. The molecular formula is C24H16ClN3O4S. The molecule has 7 nitrogen and oxygen atoms in total. The van der Waals surface area contributed by atoms with Crippen LogP contribution in [0.3, 0.4) is 0 Å². The molecule has 0 aliphatic carbocycles. The van der Waals surface area contributed by atoms with Crippen LogP contribution in [0.2, 0.25) is 5.02 Å². The number of nitrogens with zero attached hydrogens (tertiary/aromatic N) is 2. The van der Waals surface area contributed by atoms with Crippen LogP contribution < -0.4 is 5.32 Å². The van der Waals surface area contributed by atoms with Gasteiger partial charge in [0.2, 0.25) is 5.89 Å². The van der Waals surface area contributed by atoms with Crippen LogP contribution in [0.4, 0.5) is 11.4 Å². The summed E-state index contributed by atoms with van der Waals surface area (Å²) < 4.78 is 6.27. The zero-order chi connectivity index (χ0) is 23.3. The highest BCUT2D eigenvalue weighted by molar-refractivity contribution is 7.22. The number of thiophene rings is 1. The summed E-state index contributed by atoms with van der Waals surface area (Å²) in [6.45, 7) is 4.03. The van der Waals surface area contributed by atoms with Gasteiger partial charge in [0, 0.05) is 22.7 Å². The fraction of sp³-hybridized carbons (Fsp3) is 0.0833. The van der Waals surface area contributed by atoms with Gasteiger partial charge in [-0.2, -0.15) is 0 Å². The first-order valence-corrected chi connectivity index (χ1v) is 11.2. The van der Waals surface area contributed by atoms with Crippen molar-refractivity contribution in [3.63, 3.8) is 0 Å². The fourth-order valence-electron chi connectivity index (χ4n) is 3.73. The lowest BCUT2D eigenvalue weighted by Crippen LogP contribution is -2.10. The number of halogens is 1. The maximum Gasteiger partial charge on any atom is 0.287 e. The zero-order valence-electron chi connectivity index (χ0n) is 17.5. The van der Waals surface area contributed by atoms with E-state index >= 15 is 0 Å². The monoisotopic (exact) mass is 477 g/mol. The summed E-state index contributed by atoms with van der Waals surface area (Å²) in [6, 6.07) is 15.8. The highest BCUT2D eigenvalue weighted by Crippen LogP contribution is 2.40. The molecule has 2 aromatic heterocycles. The maximum atomic E-state index is 12.9. The van der Waals surface area contributed by atoms with E-state index in [4.69, 9.17) is 16.0 Å². The number of hydrogen-bond donors (Lipinski definition) is 1. The second-order valence-electron chi connectivity index (χ2n) is 7.63. The van der Waals surface area contributed by atoms with Crippen LogP contribution >= 0.6 is 22.9 Å². The lowest BCUT2D eigenvalue weighted by atomic mass is 10.1. The van der Waals surface area contributed by atoms with Crippen LogP contribution in [0, 0.1) is 24.0 Å². The molecule has 164 valence electrons. The molecule has 2 heterocycles. The molecule has 0 unspecified atom stereocenters. The summed E-state index contributed by atoms with van der Waals surface area (Å²) >= 11 is 7.38. The number of nitro groups is 1. The summed E-state index contributed by atoms with van der Waals surface area (Å²) in [6.07, 6.45) is 0. The van der Waals surface area contributed by atoms with Gasteiger partial charge in [-0.05, 0) is 43.7 Å². The standard InChI is InChI=1S/C24H16ClN3O4S/c1-12-6-8-15(13(2)10-12)24-27-17-11-14(7-9-19(17)32-24)26-23(29)22-20(25)16-4-3-5-18(28(30)31)21(16)33-22/h3-11H,1-2H3,(H,26,29). The lowest BCUT2D eigenvalue weighted by molar-refractivity contribution is -0.382. The Morgan fingerprint density at radius 2 is 1.97 bits per heavy atom. The van der Waals surface area contributed by atoms with E-state index in [-0.39, 0.29) is 15.6 Å². The number of amides is 1. The highest BCUT2D eigenvalue weighted by atomic mass is 35.5. The summed E-state index contributed by atoms with van der Waals surface area (Å²) in [7, 11) is 0. The number of non-ortho nitro benzene ring substituents is 1. The van der Waals surface area contributed by atoms with Crippen molar-refractivity contribution in [3.8, 4) is 11.5 Å². The van der Waals surface area contributed by atoms with Crippen molar-refractivity contribution in [3.05, 3.63) is 85.7 Å². The number of aryl methyl sites for hydroxylation is 2. The van der Waals surface area contributed by atoms with E-state index in [0.717, 1.165) is 28.0 Å². The number of fused-ring (bicyclic) bond motifs is 2. The number of oxazole rings is 1. The maximum absolute atomic E-state index is 12.9. The summed E-state index contributed by atoms with van der Waals surface area (Å²) in [5.41, 5.74) is 4.74. The van der Waals surface area contributed by atoms with E-state index in [1.807, 2.05) is 26.0 Å². The molecule has 1 amide bonds. The average Bonchev–Trinajstić information content (AvgIpc) is 3.34. The third kappa shape index (κ3) is 3.73. The van der Waals surface area contributed by atoms with Gasteiger partial charge < -0.3 is 9.73 Å². The van der Waals surface area contributed by atoms with Crippen molar-refractivity contribution in [1.29, 1.82) is 0 Å². The van der Waals surface area contributed by atoms with Crippen LogP contribution in [0.1, 0.15) is 20.8 Å². The Labute approximate surface area is 196 Å². The first-order valence-electron chi connectivity index (χ1n) is 9.97. The first kappa shape index (κ1) is 21.1. The van der Waals surface area contributed by atoms with E-state index in [2.05, 4.69) is 16.4 Å². The van der Waals surface area contributed by atoms with Gasteiger partial charge in [0.25, 0.3) is 11.6 Å². The molecule has 0 saturated heterocycles. The number of nitrogens with one attached hydrogen (secondary N) is 1. The third-order valence-electron chi connectivity index (χ3n) is 5.29. The van der Waals surface area contributed by atoms with E-state index in [9.17, 15) is 14.9 Å². The van der Waals surface area contributed by atoms with Gasteiger partial charge in [0.15, 0.2) is 5.58 Å². The SMILES string of the molecule is Cc1ccc(-c2nc3cc(NC(=O)c4sc5c([N+](=O)[O-])cccc5c4Cl)ccc3o2)c(C)c1. The van der Waals surface area contributed by atoms with Crippen molar-refractivity contribution in [2.45, 2.75) is 13.8 Å². The van der Waals surface area contributed by atoms with E-state index < -0.39 is 10.8 Å². The Morgan fingerprint density at radius 3 is 2.73 bits per heavy atom. The van der Waals surface area contributed by atoms with Crippen LogP contribution in [-0.2, 0) is 0 Å². The van der Waals surface area contributed by atoms with Gasteiger partial charge in [-0.1, -0.05) is 41.4 Å². The van der Waals surface area contributed by atoms with Crippen molar-refractivity contribution >= 4 is 61.4 Å². The molecule has 0 saturated carbocycles. The first-order chi connectivity index (χ1) is 15.8. The molecule has 9 heteroatoms. The quantitative estimate of drug-likeness (QED) is 0.219. The highest BCUT2D eigenvalue weighted by Gasteiger charge is 2.23. The second kappa shape index (κ2) is 7.99. The summed E-state index contributed by atoms with van der Waals surface area (Å²) in [4.78, 5) is 28.5. The van der Waals surface area contributed by atoms with Crippen LogP contribution in [0.5, 0.6) is 0 Å². The Balaban J connectivity index is 1.47. The van der Waals surface area contributed by atoms with Crippen molar-refractivity contribution in [2.24, 2.45) is 0 Å². The molecular weight excluding hydrogens is 462 g/mol. The second-order valence-corrected chi connectivity index (χ2v) is 9.03. The van der Waals surface area contributed by atoms with Gasteiger partial charge in [0.1, 0.15) is 15.1 Å². The molecule has 0 spiro atoms. The van der Waals surface area contributed by atoms with E-state index in [0.29, 0.717) is 32.8 Å². The van der Waals surface area contributed by atoms with Crippen molar-refractivity contribution in [2.75, 3.05) is 5.32 Å². The molecule has 0 atom stereocenters. The number of benzene rings is 3. The molecule has 33 heavy (non-hydrogen) atoms. The third-order valence-corrected chi connectivity index (χ3v) is 7.03. The number of nitro benzene ring substituents is 1. The molecule has 1 N–H and O–H groups in total. The normalized spacial score (nSPS) is 11.2. The van der Waals surface area contributed by atoms with Gasteiger partial charge in [-0.25, -0.2) is 4.98 Å². The van der Waals surface area contributed by atoms with Gasteiger partial charge in [-0.15, -0.1) is 11.3 Å². The lowest BCUT2D eigenvalue weighted by Gasteiger charge is -2.03.